The summed E-state index contributed by atoms with van der Waals surface area (Å²) in [5.74, 6) is 1.88. The average molecular weight is 247 g/mol. The summed E-state index contributed by atoms with van der Waals surface area (Å²) < 4.78 is 5.94. The summed E-state index contributed by atoms with van der Waals surface area (Å²) in [5, 5.41) is 8.96. The molecule has 1 aromatic rings. The smallest absolute Gasteiger partial charge is 0.407 e. The number of amides is 1. The Labute approximate surface area is 106 Å². The van der Waals surface area contributed by atoms with Crippen molar-refractivity contribution in [2.75, 3.05) is 13.1 Å². The fourth-order valence-electron chi connectivity index (χ4n) is 3.19. The van der Waals surface area contributed by atoms with Crippen molar-refractivity contribution in [3.05, 3.63) is 30.3 Å². The maximum absolute atomic E-state index is 10.9. The van der Waals surface area contributed by atoms with Gasteiger partial charge in [-0.1, -0.05) is 18.2 Å². The second kappa shape index (κ2) is 4.52. The van der Waals surface area contributed by atoms with E-state index in [2.05, 4.69) is 0 Å². The van der Waals surface area contributed by atoms with Gasteiger partial charge >= 0.3 is 6.09 Å². The van der Waals surface area contributed by atoms with E-state index in [1.165, 1.54) is 4.90 Å². The first kappa shape index (κ1) is 11.4. The quantitative estimate of drug-likeness (QED) is 0.873. The Hall–Kier alpha value is -1.71. The minimum atomic E-state index is -0.787. The molecular weight excluding hydrogens is 230 g/mol. The van der Waals surface area contributed by atoms with Crippen LogP contribution in [0.15, 0.2) is 30.3 Å². The van der Waals surface area contributed by atoms with E-state index in [0.717, 1.165) is 18.6 Å². The van der Waals surface area contributed by atoms with Crippen LogP contribution in [0.3, 0.4) is 0 Å². The van der Waals surface area contributed by atoms with E-state index in [-0.39, 0.29) is 6.10 Å². The van der Waals surface area contributed by atoms with Crippen molar-refractivity contribution in [1.82, 2.24) is 4.90 Å². The molecule has 2 fully saturated rings. The van der Waals surface area contributed by atoms with Crippen LogP contribution in [0.1, 0.15) is 12.8 Å². The van der Waals surface area contributed by atoms with Gasteiger partial charge in [0.25, 0.3) is 0 Å². The van der Waals surface area contributed by atoms with Crippen molar-refractivity contribution >= 4 is 6.09 Å². The van der Waals surface area contributed by atoms with Crippen LogP contribution in [0.5, 0.6) is 5.75 Å². The highest BCUT2D eigenvalue weighted by Gasteiger charge is 2.43. The number of carbonyl (C=O) groups is 1. The molecule has 0 spiro atoms. The highest BCUT2D eigenvalue weighted by atomic mass is 16.5. The summed E-state index contributed by atoms with van der Waals surface area (Å²) in [5.41, 5.74) is 0. The highest BCUT2D eigenvalue weighted by molar-refractivity contribution is 5.65. The Morgan fingerprint density at radius 1 is 1.17 bits per heavy atom. The monoisotopic (exact) mass is 247 g/mol. The molecule has 3 rings (SSSR count). The van der Waals surface area contributed by atoms with E-state index >= 15 is 0 Å². The van der Waals surface area contributed by atoms with Gasteiger partial charge in [0.1, 0.15) is 5.75 Å². The molecule has 1 aliphatic heterocycles. The molecule has 4 nitrogen and oxygen atoms in total. The fourth-order valence-corrected chi connectivity index (χ4v) is 3.19. The van der Waals surface area contributed by atoms with Gasteiger partial charge in [-0.3, -0.25) is 0 Å². The Bertz CT molecular complexity index is 420. The third kappa shape index (κ3) is 2.15. The number of likely N-dealkylation sites (tertiary alicyclic amines) is 1. The summed E-state index contributed by atoms with van der Waals surface area (Å²) in [6.45, 7) is 1.35. The molecule has 18 heavy (non-hydrogen) atoms. The number of carboxylic acid groups (broad SMARTS) is 1. The van der Waals surface area contributed by atoms with Gasteiger partial charge in [-0.2, -0.15) is 0 Å². The molecule has 96 valence electrons. The third-order valence-corrected chi connectivity index (χ3v) is 4.02. The first-order valence-corrected chi connectivity index (χ1v) is 6.42. The Morgan fingerprint density at radius 2 is 1.78 bits per heavy atom. The lowest BCUT2D eigenvalue weighted by molar-refractivity contribution is 0.144. The lowest BCUT2D eigenvalue weighted by Crippen LogP contribution is -2.29. The van der Waals surface area contributed by atoms with E-state index in [0.29, 0.717) is 24.9 Å². The van der Waals surface area contributed by atoms with Crippen LogP contribution in [-0.4, -0.2) is 35.3 Å². The molecule has 1 aromatic carbocycles. The molecule has 1 heterocycles. The van der Waals surface area contributed by atoms with Gasteiger partial charge in [-0.05, 0) is 36.8 Å². The molecule has 2 unspecified atom stereocenters. The van der Waals surface area contributed by atoms with E-state index < -0.39 is 6.09 Å². The summed E-state index contributed by atoms with van der Waals surface area (Å²) in [4.78, 5) is 12.4. The Kier molecular flexibility index (Phi) is 2.86. The van der Waals surface area contributed by atoms with Crippen molar-refractivity contribution in [3.63, 3.8) is 0 Å². The summed E-state index contributed by atoms with van der Waals surface area (Å²) in [7, 11) is 0. The van der Waals surface area contributed by atoms with E-state index in [1.54, 1.807) is 0 Å². The van der Waals surface area contributed by atoms with Gasteiger partial charge in [-0.15, -0.1) is 0 Å². The van der Waals surface area contributed by atoms with Gasteiger partial charge in [0, 0.05) is 13.1 Å². The minimum absolute atomic E-state index is 0.248. The second-order valence-electron chi connectivity index (χ2n) is 5.23. The summed E-state index contributed by atoms with van der Waals surface area (Å²) in [6, 6.07) is 9.85. The molecule has 0 aromatic heterocycles. The molecule has 0 radical (unpaired) electrons. The van der Waals surface area contributed by atoms with Crippen LogP contribution in [0, 0.1) is 11.8 Å². The van der Waals surface area contributed by atoms with Crippen molar-refractivity contribution < 1.29 is 14.6 Å². The van der Waals surface area contributed by atoms with Crippen LogP contribution < -0.4 is 4.74 Å². The standard InChI is InChI=1S/C14H17NO3/c16-14(17)15-8-10-6-13(7-11(10)9-15)18-12-4-2-1-3-5-12/h1-5,10-11,13H,6-9H2,(H,16,17). The number of para-hydroxylation sites is 1. The normalized spacial score (nSPS) is 30.2. The SMILES string of the molecule is O=C(O)N1CC2CC(Oc3ccccc3)CC2C1. The minimum Gasteiger partial charge on any atom is -0.490 e. The van der Waals surface area contributed by atoms with Crippen LogP contribution in [0.25, 0.3) is 0 Å². The molecule has 2 aliphatic rings. The zero-order chi connectivity index (χ0) is 12.5. The lowest BCUT2D eigenvalue weighted by atomic mass is 10.0. The van der Waals surface area contributed by atoms with Crippen molar-refractivity contribution in [2.24, 2.45) is 11.8 Å². The summed E-state index contributed by atoms with van der Waals surface area (Å²) >= 11 is 0. The van der Waals surface area contributed by atoms with Crippen LogP contribution in [-0.2, 0) is 0 Å². The maximum Gasteiger partial charge on any atom is 0.407 e. The number of rotatable bonds is 2. The van der Waals surface area contributed by atoms with Crippen LogP contribution in [0.4, 0.5) is 4.79 Å². The zero-order valence-corrected chi connectivity index (χ0v) is 10.2. The highest BCUT2D eigenvalue weighted by Crippen LogP contribution is 2.39. The molecule has 1 aliphatic carbocycles. The number of nitrogens with zero attached hydrogens (tertiary/aromatic N) is 1. The van der Waals surface area contributed by atoms with Gasteiger partial charge in [0.05, 0.1) is 6.10 Å². The maximum atomic E-state index is 10.9. The molecule has 0 bridgehead atoms. The summed E-state index contributed by atoms with van der Waals surface area (Å²) in [6.07, 6.45) is 1.41. The first-order chi connectivity index (χ1) is 8.72. The van der Waals surface area contributed by atoms with E-state index in [4.69, 9.17) is 9.84 Å². The zero-order valence-electron chi connectivity index (χ0n) is 10.2. The average Bonchev–Trinajstić information content (AvgIpc) is 2.88. The predicted octanol–water partition coefficient (Wildman–Crippen LogP) is 2.45. The van der Waals surface area contributed by atoms with Crippen molar-refractivity contribution in [2.45, 2.75) is 18.9 Å². The molecule has 4 heteroatoms. The lowest BCUT2D eigenvalue weighted by Gasteiger charge is -2.17. The number of hydrogen-bond acceptors (Lipinski definition) is 2. The molecule has 1 amide bonds. The van der Waals surface area contributed by atoms with E-state index in [9.17, 15) is 4.79 Å². The van der Waals surface area contributed by atoms with Crippen LogP contribution in [0.2, 0.25) is 0 Å². The van der Waals surface area contributed by atoms with E-state index in [1.807, 2.05) is 30.3 Å². The van der Waals surface area contributed by atoms with Gasteiger partial charge in [-0.25, -0.2) is 4.79 Å². The number of benzene rings is 1. The topological polar surface area (TPSA) is 49.8 Å². The molecular formula is C14H17NO3. The fraction of sp³-hybridized carbons (Fsp3) is 0.500. The number of fused-ring (bicyclic) bond motifs is 1. The third-order valence-electron chi connectivity index (χ3n) is 4.02. The molecule has 1 saturated carbocycles. The van der Waals surface area contributed by atoms with Gasteiger partial charge < -0.3 is 14.7 Å². The predicted molar refractivity (Wildman–Crippen MR) is 66.7 cm³/mol. The first-order valence-electron chi connectivity index (χ1n) is 6.42. The Balaban J connectivity index is 1.57. The number of hydrogen-bond donors (Lipinski definition) is 1. The van der Waals surface area contributed by atoms with Crippen molar-refractivity contribution in [1.29, 1.82) is 0 Å². The van der Waals surface area contributed by atoms with Gasteiger partial charge in [0.2, 0.25) is 0 Å². The Morgan fingerprint density at radius 3 is 2.33 bits per heavy atom. The second-order valence-corrected chi connectivity index (χ2v) is 5.23. The van der Waals surface area contributed by atoms with Crippen molar-refractivity contribution in [3.8, 4) is 5.75 Å². The van der Waals surface area contributed by atoms with Crippen LogP contribution >= 0.6 is 0 Å². The molecule has 1 N–H and O–H groups in total. The molecule has 1 saturated heterocycles. The molecule has 2 atom stereocenters. The largest absolute Gasteiger partial charge is 0.490 e. The number of ether oxygens (including phenoxy) is 1. The van der Waals surface area contributed by atoms with Gasteiger partial charge in [0.15, 0.2) is 0 Å².